The van der Waals surface area contributed by atoms with Crippen LogP contribution in [0.15, 0.2) is 0 Å². The van der Waals surface area contributed by atoms with E-state index >= 15 is 0 Å². The minimum absolute atomic E-state index is 0.0660. The zero-order valence-corrected chi connectivity index (χ0v) is 25.9. The molecule has 0 aliphatic carbocycles. The molecule has 0 amide bonds. The zero-order chi connectivity index (χ0) is 27.3. The highest BCUT2D eigenvalue weighted by atomic mass is 32.2. The predicted molar refractivity (Wildman–Crippen MR) is 160 cm³/mol. The van der Waals surface area contributed by atoms with Crippen LogP contribution in [0.1, 0.15) is 194 Å². The van der Waals surface area contributed by atoms with E-state index in [1.807, 2.05) is 0 Å². The molecule has 0 saturated heterocycles. The van der Waals surface area contributed by atoms with E-state index in [0.717, 1.165) is 25.7 Å². The van der Waals surface area contributed by atoms with Gasteiger partial charge in [0.25, 0.3) is 10.1 Å². The van der Waals surface area contributed by atoms with E-state index in [2.05, 4.69) is 13.8 Å². The van der Waals surface area contributed by atoms with Gasteiger partial charge in [0.05, 0.1) is 6.61 Å². The third-order valence-corrected chi connectivity index (χ3v) is 8.95. The van der Waals surface area contributed by atoms with Gasteiger partial charge >= 0.3 is 0 Å². The van der Waals surface area contributed by atoms with Gasteiger partial charge in [-0.3, -0.25) is 4.18 Å². The van der Waals surface area contributed by atoms with Crippen LogP contribution in [0.2, 0.25) is 0 Å². The first kappa shape index (κ1) is 36.8. The molecule has 0 aromatic rings. The predicted octanol–water partition coefficient (Wildman–Crippen LogP) is 11.6. The Morgan fingerprint density at radius 2 is 0.730 bits per heavy atom. The van der Waals surface area contributed by atoms with Gasteiger partial charge in [0.15, 0.2) is 0 Å². The van der Waals surface area contributed by atoms with Crippen LogP contribution in [0.25, 0.3) is 0 Å². The van der Waals surface area contributed by atoms with E-state index in [1.54, 1.807) is 0 Å². The van der Waals surface area contributed by atoms with Crippen molar-refractivity contribution in [2.75, 3.05) is 6.61 Å². The number of hydrogen-bond acceptors (Lipinski definition) is 3. The van der Waals surface area contributed by atoms with Crippen molar-refractivity contribution in [1.82, 2.24) is 0 Å². The minimum Gasteiger partial charge on any atom is -0.268 e. The fourth-order valence-corrected chi connectivity index (χ4v) is 5.97. The topological polar surface area (TPSA) is 43.4 Å². The van der Waals surface area contributed by atoms with E-state index in [-0.39, 0.29) is 13.0 Å². The monoisotopic (exact) mass is 548 g/mol. The molecule has 0 aromatic carbocycles. The smallest absolute Gasteiger partial charge is 0.268 e. The summed E-state index contributed by atoms with van der Waals surface area (Å²) in [4.78, 5) is 0. The third-order valence-electron chi connectivity index (χ3n) is 7.59. The van der Waals surface area contributed by atoms with Gasteiger partial charge in [-0.05, 0) is 19.3 Å². The second-order valence-corrected chi connectivity index (χ2v) is 13.1. The van der Waals surface area contributed by atoms with Crippen LogP contribution in [0.5, 0.6) is 0 Å². The lowest BCUT2D eigenvalue weighted by atomic mass is 10.0. The molecule has 1 atom stereocenters. The molecule has 224 valence electrons. The van der Waals surface area contributed by atoms with Crippen LogP contribution in [-0.2, 0) is 14.3 Å². The molecule has 0 aliphatic heterocycles. The lowest BCUT2D eigenvalue weighted by Gasteiger charge is -2.10. The van der Waals surface area contributed by atoms with Crippen LogP contribution < -0.4 is 0 Å². The Hall–Kier alpha value is -0.160. The van der Waals surface area contributed by atoms with Gasteiger partial charge in [0, 0.05) is 0 Å². The van der Waals surface area contributed by atoms with Crippen molar-refractivity contribution in [3.63, 3.8) is 0 Å². The second-order valence-electron chi connectivity index (χ2n) is 11.4. The molecule has 0 aromatic heterocycles. The zero-order valence-electron chi connectivity index (χ0n) is 25.1. The fourth-order valence-electron chi connectivity index (χ4n) is 5.01. The molecule has 5 heteroatoms. The second kappa shape index (κ2) is 28.8. The highest BCUT2D eigenvalue weighted by Crippen LogP contribution is 2.18. The molecular weight excluding hydrogens is 483 g/mol. The van der Waals surface area contributed by atoms with Crippen molar-refractivity contribution in [3.8, 4) is 0 Å². The molecule has 0 aliphatic rings. The SMILES string of the molecule is CCCCCCCCCCCCCCCCCCCCCOS(=O)(=O)C(F)CCCCCCCCCC. The molecule has 0 bridgehead atoms. The Morgan fingerprint density at radius 1 is 0.459 bits per heavy atom. The molecular formula is C32H65FO3S. The molecule has 37 heavy (non-hydrogen) atoms. The van der Waals surface area contributed by atoms with Crippen molar-refractivity contribution in [2.24, 2.45) is 0 Å². The fraction of sp³-hybridized carbons (Fsp3) is 1.00. The summed E-state index contributed by atoms with van der Waals surface area (Å²) in [6, 6.07) is 0. The maximum absolute atomic E-state index is 14.1. The van der Waals surface area contributed by atoms with E-state index in [4.69, 9.17) is 4.18 Å². The van der Waals surface area contributed by atoms with Crippen molar-refractivity contribution in [2.45, 2.75) is 199 Å². The van der Waals surface area contributed by atoms with Gasteiger partial charge in [-0.15, -0.1) is 0 Å². The van der Waals surface area contributed by atoms with Gasteiger partial charge in [-0.1, -0.05) is 174 Å². The first-order chi connectivity index (χ1) is 18.0. The Bertz CT molecular complexity index is 538. The summed E-state index contributed by atoms with van der Waals surface area (Å²) in [5.41, 5.74) is -1.87. The number of hydrogen-bond donors (Lipinski definition) is 0. The Morgan fingerprint density at radius 3 is 1.05 bits per heavy atom. The lowest BCUT2D eigenvalue weighted by Crippen LogP contribution is -2.19. The lowest BCUT2D eigenvalue weighted by molar-refractivity contribution is 0.270. The van der Waals surface area contributed by atoms with Crippen LogP contribution in [0.4, 0.5) is 4.39 Å². The number of unbranched alkanes of at least 4 members (excludes halogenated alkanes) is 25. The molecule has 0 N–H and O–H groups in total. The first-order valence-electron chi connectivity index (χ1n) is 16.6. The molecule has 0 saturated carbocycles. The summed E-state index contributed by atoms with van der Waals surface area (Å²) >= 11 is 0. The summed E-state index contributed by atoms with van der Waals surface area (Å²) in [6.07, 6.45) is 33.6. The number of rotatable bonds is 31. The number of halogens is 1. The van der Waals surface area contributed by atoms with E-state index in [0.29, 0.717) is 12.8 Å². The molecule has 0 radical (unpaired) electrons. The van der Waals surface area contributed by atoms with Gasteiger partial charge in [-0.2, -0.15) is 8.42 Å². The quantitative estimate of drug-likeness (QED) is 0.0639. The van der Waals surface area contributed by atoms with Crippen LogP contribution in [-0.4, -0.2) is 20.5 Å². The maximum atomic E-state index is 14.1. The van der Waals surface area contributed by atoms with Crippen LogP contribution in [0, 0.1) is 0 Å². The average molecular weight is 549 g/mol. The molecule has 0 rings (SSSR count). The largest absolute Gasteiger partial charge is 0.299 e. The van der Waals surface area contributed by atoms with Crippen molar-refractivity contribution in [1.29, 1.82) is 0 Å². The Labute approximate surface area is 232 Å². The molecule has 0 spiro atoms. The normalized spacial score (nSPS) is 12.8. The molecule has 3 nitrogen and oxygen atoms in total. The van der Waals surface area contributed by atoms with Crippen molar-refractivity contribution >= 4 is 10.1 Å². The highest BCUT2D eigenvalue weighted by molar-refractivity contribution is 7.87. The summed E-state index contributed by atoms with van der Waals surface area (Å²) < 4.78 is 43.0. The standard InChI is InChI=1S/C32H65FO3S/c1-3-5-7-9-11-13-14-15-16-17-18-19-20-21-22-23-25-27-29-31-36-37(34,35)32(33)30-28-26-24-12-10-8-6-4-2/h32H,3-31H2,1-2H3. The molecule has 0 heterocycles. The summed E-state index contributed by atoms with van der Waals surface area (Å²) in [7, 11) is -4.06. The van der Waals surface area contributed by atoms with Gasteiger partial charge in [0.1, 0.15) is 0 Å². The van der Waals surface area contributed by atoms with Gasteiger partial charge in [-0.25, -0.2) is 4.39 Å². The van der Waals surface area contributed by atoms with Crippen LogP contribution in [0.3, 0.4) is 0 Å². The van der Waals surface area contributed by atoms with Crippen molar-refractivity contribution < 1.29 is 17.0 Å². The summed E-state index contributed by atoms with van der Waals surface area (Å²) in [5.74, 6) is 0. The summed E-state index contributed by atoms with van der Waals surface area (Å²) in [6.45, 7) is 4.60. The summed E-state index contributed by atoms with van der Waals surface area (Å²) in [5, 5.41) is 0. The van der Waals surface area contributed by atoms with E-state index in [9.17, 15) is 12.8 Å². The minimum atomic E-state index is -4.06. The number of alkyl halides is 1. The maximum Gasteiger partial charge on any atom is 0.299 e. The molecule has 1 unspecified atom stereocenters. The van der Waals surface area contributed by atoms with E-state index < -0.39 is 15.6 Å². The van der Waals surface area contributed by atoms with E-state index in [1.165, 1.54) is 135 Å². The van der Waals surface area contributed by atoms with Gasteiger partial charge in [0.2, 0.25) is 5.50 Å². The Balaban J connectivity index is 3.36. The van der Waals surface area contributed by atoms with Gasteiger partial charge < -0.3 is 0 Å². The Kier molecular flexibility index (Phi) is 28.7. The van der Waals surface area contributed by atoms with Crippen molar-refractivity contribution in [3.05, 3.63) is 0 Å². The average Bonchev–Trinajstić information content (AvgIpc) is 2.88. The third kappa shape index (κ3) is 27.2. The highest BCUT2D eigenvalue weighted by Gasteiger charge is 2.25. The molecule has 0 fully saturated rings. The van der Waals surface area contributed by atoms with Crippen LogP contribution >= 0.6 is 0 Å². The first-order valence-corrected chi connectivity index (χ1v) is 18.0.